The quantitative estimate of drug-likeness (QED) is 0.780. The molecule has 1 aromatic carbocycles. The van der Waals surface area contributed by atoms with E-state index in [1.54, 1.807) is 33.7 Å². The fraction of sp³-hybridized carbons (Fsp3) is 0.250. The van der Waals surface area contributed by atoms with Gasteiger partial charge in [0.05, 0.1) is 5.69 Å². The molecule has 16 heavy (non-hydrogen) atoms. The number of anilines is 1. The normalized spacial score (nSPS) is 10.9. The van der Waals surface area contributed by atoms with Crippen molar-refractivity contribution >= 4 is 5.69 Å². The fourth-order valence-electron chi connectivity index (χ4n) is 1.61. The molecule has 0 bridgehead atoms. The third kappa shape index (κ3) is 1.74. The van der Waals surface area contributed by atoms with E-state index in [0.717, 1.165) is 5.69 Å². The number of nitrogens with two attached hydrogens (primary N) is 1. The molecular formula is C12H15N3O. The fourth-order valence-corrected chi connectivity index (χ4v) is 1.61. The Labute approximate surface area is 93.9 Å². The number of imidazole rings is 1. The molecule has 4 heteroatoms. The molecule has 0 radical (unpaired) electrons. The Hall–Kier alpha value is -1.97. The van der Waals surface area contributed by atoms with Gasteiger partial charge in [-0.1, -0.05) is 0 Å². The second-order valence-corrected chi connectivity index (χ2v) is 4.04. The van der Waals surface area contributed by atoms with Gasteiger partial charge in [0, 0.05) is 24.1 Å². The van der Waals surface area contributed by atoms with Crippen LogP contribution in [0.15, 0.2) is 41.5 Å². The number of rotatable bonds is 2. The highest BCUT2D eigenvalue weighted by molar-refractivity contribution is 5.44. The smallest absolute Gasteiger partial charge is 0.332 e. The molecule has 0 unspecified atom stereocenters. The van der Waals surface area contributed by atoms with Gasteiger partial charge < -0.3 is 5.73 Å². The topological polar surface area (TPSA) is 52.9 Å². The van der Waals surface area contributed by atoms with Crippen molar-refractivity contribution in [3.63, 3.8) is 0 Å². The highest BCUT2D eigenvalue weighted by Gasteiger charge is 2.06. The van der Waals surface area contributed by atoms with E-state index in [4.69, 9.17) is 5.73 Å². The summed E-state index contributed by atoms with van der Waals surface area (Å²) in [6.07, 6.45) is 3.57. The number of aromatic nitrogens is 2. The lowest BCUT2D eigenvalue weighted by Crippen LogP contribution is -2.24. The number of hydrogen-bond donors (Lipinski definition) is 1. The summed E-state index contributed by atoms with van der Waals surface area (Å²) in [5.74, 6) is 0. The molecule has 1 aromatic heterocycles. The molecule has 0 aliphatic carbocycles. The maximum atomic E-state index is 12.0. The van der Waals surface area contributed by atoms with Crippen molar-refractivity contribution in [2.75, 3.05) is 5.73 Å². The highest BCUT2D eigenvalue weighted by atomic mass is 16.1. The van der Waals surface area contributed by atoms with Crippen LogP contribution in [0.4, 0.5) is 5.69 Å². The standard InChI is InChI=1S/C12H15N3O/c1-9(2)14-7-8-15(12(14)16)11-5-3-10(13)4-6-11/h3-9H,13H2,1-2H3. The van der Waals surface area contributed by atoms with Crippen molar-refractivity contribution in [2.45, 2.75) is 19.9 Å². The average molecular weight is 217 g/mol. The number of nitrogen functional groups attached to an aromatic ring is 1. The van der Waals surface area contributed by atoms with Crippen molar-refractivity contribution in [1.82, 2.24) is 9.13 Å². The molecular weight excluding hydrogens is 202 g/mol. The van der Waals surface area contributed by atoms with Gasteiger partial charge in [-0.25, -0.2) is 4.79 Å². The molecule has 0 aliphatic heterocycles. The molecule has 0 spiro atoms. The molecule has 2 rings (SSSR count). The number of hydrogen-bond acceptors (Lipinski definition) is 2. The predicted octanol–water partition coefficient (Wildman–Crippen LogP) is 1.80. The van der Waals surface area contributed by atoms with Crippen molar-refractivity contribution in [3.8, 4) is 5.69 Å². The zero-order valence-corrected chi connectivity index (χ0v) is 9.42. The summed E-state index contributed by atoms with van der Waals surface area (Å²) in [4.78, 5) is 12.0. The molecule has 0 aliphatic rings. The molecule has 1 heterocycles. The van der Waals surface area contributed by atoms with Gasteiger partial charge in [0.1, 0.15) is 0 Å². The van der Waals surface area contributed by atoms with Crippen LogP contribution in [0, 0.1) is 0 Å². The highest BCUT2D eigenvalue weighted by Crippen LogP contribution is 2.09. The molecule has 4 nitrogen and oxygen atoms in total. The zero-order valence-electron chi connectivity index (χ0n) is 9.42. The van der Waals surface area contributed by atoms with Gasteiger partial charge in [0.15, 0.2) is 0 Å². The molecule has 0 saturated carbocycles. The first kappa shape index (κ1) is 10.5. The first-order chi connectivity index (χ1) is 7.59. The molecule has 0 fully saturated rings. The van der Waals surface area contributed by atoms with Crippen LogP contribution in [0.1, 0.15) is 19.9 Å². The van der Waals surface area contributed by atoms with E-state index in [2.05, 4.69) is 0 Å². The molecule has 0 atom stereocenters. The Morgan fingerprint density at radius 1 is 1.12 bits per heavy atom. The monoisotopic (exact) mass is 217 g/mol. The van der Waals surface area contributed by atoms with Gasteiger partial charge in [0.25, 0.3) is 0 Å². The first-order valence-electron chi connectivity index (χ1n) is 5.25. The van der Waals surface area contributed by atoms with Crippen molar-refractivity contribution in [1.29, 1.82) is 0 Å². The Balaban J connectivity index is 2.49. The molecule has 84 valence electrons. The summed E-state index contributed by atoms with van der Waals surface area (Å²) < 4.78 is 3.30. The van der Waals surface area contributed by atoms with Gasteiger partial charge in [-0.15, -0.1) is 0 Å². The maximum absolute atomic E-state index is 12.0. The van der Waals surface area contributed by atoms with E-state index in [9.17, 15) is 4.79 Å². The number of benzene rings is 1. The third-order valence-electron chi connectivity index (χ3n) is 2.53. The van der Waals surface area contributed by atoms with E-state index < -0.39 is 0 Å². The van der Waals surface area contributed by atoms with Crippen LogP contribution in [-0.4, -0.2) is 9.13 Å². The Morgan fingerprint density at radius 2 is 1.75 bits per heavy atom. The van der Waals surface area contributed by atoms with Crippen molar-refractivity contribution in [3.05, 3.63) is 47.1 Å². The SMILES string of the molecule is CC(C)n1ccn(-c2ccc(N)cc2)c1=O. The van der Waals surface area contributed by atoms with Crippen molar-refractivity contribution in [2.24, 2.45) is 0 Å². The lowest BCUT2D eigenvalue weighted by molar-refractivity contribution is 0.574. The number of nitrogens with zero attached hydrogens (tertiary/aromatic N) is 2. The van der Waals surface area contributed by atoms with Crippen LogP contribution < -0.4 is 11.4 Å². The van der Waals surface area contributed by atoms with Crippen LogP contribution in [0.2, 0.25) is 0 Å². The Kier molecular flexibility index (Phi) is 2.56. The minimum absolute atomic E-state index is 0.0280. The summed E-state index contributed by atoms with van der Waals surface area (Å²) >= 11 is 0. The van der Waals surface area contributed by atoms with Gasteiger partial charge >= 0.3 is 5.69 Å². The molecule has 2 aromatic rings. The van der Waals surface area contributed by atoms with E-state index in [1.165, 1.54) is 0 Å². The van der Waals surface area contributed by atoms with Crippen LogP contribution in [0.5, 0.6) is 0 Å². The van der Waals surface area contributed by atoms with E-state index >= 15 is 0 Å². The summed E-state index contributed by atoms with van der Waals surface area (Å²) in [5.41, 5.74) is 7.10. The molecule has 0 saturated heterocycles. The van der Waals surface area contributed by atoms with Gasteiger partial charge in [-0.3, -0.25) is 9.13 Å². The van der Waals surface area contributed by atoms with Crippen LogP contribution in [-0.2, 0) is 0 Å². The van der Waals surface area contributed by atoms with Crippen molar-refractivity contribution < 1.29 is 0 Å². The van der Waals surface area contributed by atoms with Crippen LogP contribution in [0.25, 0.3) is 5.69 Å². The van der Waals surface area contributed by atoms with Gasteiger partial charge in [-0.05, 0) is 38.1 Å². The summed E-state index contributed by atoms with van der Waals surface area (Å²) in [6, 6.07) is 7.41. The largest absolute Gasteiger partial charge is 0.399 e. The lowest BCUT2D eigenvalue weighted by Gasteiger charge is -2.05. The van der Waals surface area contributed by atoms with E-state index in [1.807, 2.05) is 26.0 Å². The average Bonchev–Trinajstić information content (AvgIpc) is 2.61. The Morgan fingerprint density at radius 3 is 2.25 bits per heavy atom. The second kappa shape index (κ2) is 3.89. The van der Waals surface area contributed by atoms with Crippen LogP contribution in [0.3, 0.4) is 0 Å². The summed E-state index contributed by atoms with van der Waals surface area (Å²) in [5, 5.41) is 0. The molecule has 2 N–H and O–H groups in total. The molecule has 0 amide bonds. The zero-order chi connectivity index (χ0) is 11.7. The minimum Gasteiger partial charge on any atom is -0.399 e. The van der Waals surface area contributed by atoms with Gasteiger partial charge in [0.2, 0.25) is 0 Å². The Bertz CT molecular complexity index is 534. The van der Waals surface area contributed by atoms with E-state index in [-0.39, 0.29) is 11.7 Å². The van der Waals surface area contributed by atoms with Crippen LogP contribution >= 0.6 is 0 Å². The summed E-state index contributed by atoms with van der Waals surface area (Å²) in [7, 11) is 0. The second-order valence-electron chi connectivity index (χ2n) is 4.04. The minimum atomic E-state index is -0.0280. The van der Waals surface area contributed by atoms with E-state index in [0.29, 0.717) is 5.69 Å². The lowest BCUT2D eigenvalue weighted by atomic mass is 10.3. The first-order valence-corrected chi connectivity index (χ1v) is 5.25. The maximum Gasteiger partial charge on any atom is 0.332 e. The predicted molar refractivity (Wildman–Crippen MR) is 64.8 cm³/mol. The van der Waals surface area contributed by atoms with Gasteiger partial charge in [-0.2, -0.15) is 0 Å². The third-order valence-corrected chi connectivity index (χ3v) is 2.53. The summed E-state index contributed by atoms with van der Waals surface area (Å²) in [6.45, 7) is 3.96.